The normalized spacial score (nSPS) is 21.5. The Hall–Kier alpha value is -1.09. The predicted molar refractivity (Wildman–Crippen MR) is 76.9 cm³/mol. The van der Waals surface area contributed by atoms with Gasteiger partial charge in [0.1, 0.15) is 5.82 Å². The highest BCUT2D eigenvalue weighted by Crippen LogP contribution is 2.32. The summed E-state index contributed by atoms with van der Waals surface area (Å²) < 4.78 is 13.4. The van der Waals surface area contributed by atoms with Crippen molar-refractivity contribution in [3.8, 4) is 0 Å². The molecular weight excluding hydrogens is 239 g/mol. The second-order valence-corrected chi connectivity index (χ2v) is 6.18. The molecule has 1 aliphatic carbocycles. The van der Waals surface area contributed by atoms with Gasteiger partial charge < -0.3 is 10.6 Å². The molecule has 0 amide bonds. The number of hydrogen-bond donors (Lipinski definition) is 1. The Morgan fingerprint density at radius 2 is 2.00 bits per heavy atom. The Labute approximate surface area is 114 Å². The molecule has 1 aliphatic heterocycles. The van der Waals surface area contributed by atoms with Crippen LogP contribution in [-0.2, 0) is 6.42 Å². The Bertz CT molecular complexity index is 452. The van der Waals surface area contributed by atoms with E-state index in [1.165, 1.54) is 24.8 Å². The molecule has 0 radical (unpaired) electrons. The van der Waals surface area contributed by atoms with Crippen molar-refractivity contribution in [1.82, 2.24) is 0 Å². The summed E-state index contributed by atoms with van der Waals surface area (Å²) in [7, 11) is 0. The van der Waals surface area contributed by atoms with Crippen LogP contribution in [0.25, 0.3) is 0 Å². The highest BCUT2D eigenvalue weighted by Gasteiger charge is 2.29. The Kier molecular flexibility index (Phi) is 3.48. The lowest BCUT2D eigenvalue weighted by Gasteiger charge is -2.35. The number of nitrogens with two attached hydrogens (primary N) is 1. The minimum Gasteiger partial charge on any atom is -0.371 e. The van der Waals surface area contributed by atoms with Crippen LogP contribution in [0, 0.1) is 5.82 Å². The first-order chi connectivity index (χ1) is 9.16. The van der Waals surface area contributed by atoms with Crippen molar-refractivity contribution in [2.24, 2.45) is 5.73 Å². The van der Waals surface area contributed by atoms with Gasteiger partial charge in [0.05, 0.1) is 0 Å². The van der Waals surface area contributed by atoms with Crippen molar-refractivity contribution < 1.29 is 4.39 Å². The first-order valence-electron chi connectivity index (χ1n) is 7.49. The fourth-order valence-electron chi connectivity index (χ4n) is 3.51. The molecule has 0 aromatic heterocycles. The van der Waals surface area contributed by atoms with E-state index in [1.54, 1.807) is 12.1 Å². The molecule has 0 bridgehead atoms. The molecule has 1 aromatic rings. The summed E-state index contributed by atoms with van der Waals surface area (Å²) in [5, 5.41) is 0. The number of halogens is 1. The molecule has 19 heavy (non-hydrogen) atoms. The van der Waals surface area contributed by atoms with Gasteiger partial charge in [-0.1, -0.05) is 25.3 Å². The van der Waals surface area contributed by atoms with Gasteiger partial charge in [0, 0.05) is 24.3 Å². The van der Waals surface area contributed by atoms with Crippen LogP contribution in [0.3, 0.4) is 0 Å². The molecule has 1 aromatic carbocycles. The molecule has 3 heteroatoms. The van der Waals surface area contributed by atoms with Gasteiger partial charge in [-0.15, -0.1) is 0 Å². The second-order valence-electron chi connectivity index (χ2n) is 6.18. The summed E-state index contributed by atoms with van der Waals surface area (Å²) in [5.74, 6) is -0.134. The van der Waals surface area contributed by atoms with Gasteiger partial charge in [-0.3, -0.25) is 0 Å². The minimum absolute atomic E-state index is 0.0222. The highest BCUT2D eigenvalue weighted by atomic mass is 19.1. The van der Waals surface area contributed by atoms with E-state index >= 15 is 0 Å². The van der Waals surface area contributed by atoms with Crippen LogP contribution in [0.1, 0.15) is 44.1 Å². The molecule has 1 heterocycles. The first-order valence-corrected chi connectivity index (χ1v) is 7.49. The van der Waals surface area contributed by atoms with E-state index in [9.17, 15) is 4.39 Å². The third kappa shape index (κ3) is 2.76. The molecule has 0 atom stereocenters. The standard InChI is InChI=1S/C16H23FN2/c17-14-5-4-13-6-10-19(15(13)12-14)11-9-16(18)7-2-1-3-8-16/h4-5,12H,1-3,6-11,18H2. The molecule has 0 saturated heterocycles. The molecule has 2 aliphatic rings. The zero-order valence-electron chi connectivity index (χ0n) is 11.5. The van der Waals surface area contributed by atoms with Gasteiger partial charge >= 0.3 is 0 Å². The third-order valence-corrected chi connectivity index (χ3v) is 4.77. The third-order valence-electron chi connectivity index (χ3n) is 4.77. The van der Waals surface area contributed by atoms with E-state index in [2.05, 4.69) is 4.90 Å². The van der Waals surface area contributed by atoms with E-state index in [0.29, 0.717) is 0 Å². The molecule has 0 spiro atoms. The lowest BCUT2D eigenvalue weighted by molar-refractivity contribution is 0.280. The molecule has 3 rings (SSSR count). The van der Waals surface area contributed by atoms with Gasteiger partial charge in [-0.25, -0.2) is 4.39 Å². The van der Waals surface area contributed by atoms with Crippen LogP contribution in [0.2, 0.25) is 0 Å². The smallest absolute Gasteiger partial charge is 0.125 e. The van der Waals surface area contributed by atoms with E-state index in [4.69, 9.17) is 5.73 Å². The first kappa shape index (κ1) is 12.9. The summed E-state index contributed by atoms with van der Waals surface area (Å²) >= 11 is 0. The van der Waals surface area contributed by atoms with Crippen LogP contribution in [-0.4, -0.2) is 18.6 Å². The molecule has 1 fully saturated rings. The molecular formula is C16H23FN2. The maximum absolute atomic E-state index is 13.4. The molecule has 104 valence electrons. The van der Waals surface area contributed by atoms with Crippen LogP contribution in [0.15, 0.2) is 18.2 Å². The largest absolute Gasteiger partial charge is 0.371 e. The monoisotopic (exact) mass is 262 g/mol. The van der Waals surface area contributed by atoms with Crippen LogP contribution >= 0.6 is 0 Å². The predicted octanol–water partition coefficient (Wildman–Crippen LogP) is 3.24. The molecule has 1 saturated carbocycles. The molecule has 2 N–H and O–H groups in total. The van der Waals surface area contributed by atoms with Gasteiger partial charge in [-0.05, 0) is 43.4 Å². The average molecular weight is 262 g/mol. The van der Waals surface area contributed by atoms with Crippen molar-refractivity contribution in [3.63, 3.8) is 0 Å². The zero-order valence-corrected chi connectivity index (χ0v) is 11.5. The maximum Gasteiger partial charge on any atom is 0.125 e. The summed E-state index contributed by atoms with van der Waals surface area (Å²) in [4.78, 5) is 2.31. The van der Waals surface area contributed by atoms with E-state index in [-0.39, 0.29) is 11.4 Å². The van der Waals surface area contributed by atoms with Crippen molar-refractivity contribution in [2.45, 2.75) is 50.5 Å². The van der Waals surface area contributed by atoms with Gasteiger partial charge in [0.2, 0.25) is 0 Å². The Morgan fingerprint density at radius 3 is 2.79 bits per heavy atom. The minimum atomic E-state index is -0.134. The Balaban J connectivity index is 1.64. The average Bonchev–Trinajstić information content (AvgIpc) is 2.80. The number of hydrogen-bond acceptors (Lipinski definition) is 2. The van der Waals surface area contributed by atoms with Crippen LogP contribution in [0.5, 0.6) is 0 Å². The quantitative estimate of drug-likeness (QED) is 0.906. The van der Waals surface area contributed by atoms with Crippen molar-refractivity contribution in [2.75, 3.05) is 18.0 Å². The second kappa shape index (κ2) is 5.12. The lowest BCUT2D eigenvalue weighted by Crippen LogP contribution is -2.44. The van der Waals surface area contributed by atoms with E-state index < -0.39 is 0 Å². The van der Waals surface area contributed by atoms with Crippen molar-refractivity contribution in [1.29, 1.82) is 0 Å². The number of rotatable bonds is 3. The zero-order chi connectivity index (χ0) is 13.3. The van der Waals surface area contributed by atoms with Crippen molar-refractivity contribution in [3.05, 3.63) is 29.6 Å². The van der Waals surface area contributed by atoms with Crippen molar-refractivity contribution >= 4 is 5.69 Å². The number of fused-ring (bicyclic) bond motifs is 1. The topological polar surface area (TPSA) is 29.3 Å². The van der Waals surface area contributed by atoms with Crippen LogP contribution in [0.4, 0.5) is 10.1 Å². The summed E-state index contributed by atoms with van der Waals surface area (Å²) in [5.41, 5.74) is 8.87. The molecule has 0 unspecified atom stereocenters. The summed E-state index contributed by atoms with van der Waals surface area (Å²) in [6.45, 7) is 1.97. The summed E-state index contributed by atoms with van der Waals surface area (Å²) in [6, 6.07) is 5.16. The molecule has 2 nitrogen and oxygen atoms in total. The summed E-state index contributed by atoms with van der Waals surface area (Å²) in [6.07, 6.45) is 8.23. The maximum atomic E-state index is 13.4. The van der Waals surface area contributed by atoms with Gasteiger partial charge in [0.15, 0.2) is 0 Å². The fraction of sp³-hybridized carbons (Fsp3) is 0.625. The fourth-order valence-corrected chi connectivity index (χ4v) is 3.51. The number of nitrogens with zero attached hydrogens (tertiary/aromatic N) is 1. The van der Waals surface area contributed by atoms with Gasteiger partial charge in [-0.2, -0.15) is 0 Å². The van der Waals surface area contributed by atoms with Gasteiger partial charge in [0.25, 0.3) is 0 Å². The SMILES string of the molecule is NC1(CCN2CCc3ccc(F)cc32)CCCCC1. The highest BCUT2D eigenvalue weighted by molar-refractivity contribution is 5.58. The number of benzene rings is 1. The lowest BCUT2D eigenvalue weighted by atomic mass is 9.80. The van der Waals surface area contributed by atoms with Crippen LogP contribution < -0.4 is 10.6 Å². The van der Waals surface area contributed by atoms with E-state index in [1.807, 2.05) is 6.07 Å². The van der Waals surface area contributed by atoms with E-state index in [0.717, 1.165) is 44.5 Å². The Morgan fingerprint density at radius 1 is 1.21 bits per heavy atom. The number of anilines is 1.